The van der Waals surface area contributed by atoms with Crippen molar-refractivity contribution < 1.29 is 0 Å². The SMILES string of the molecule is BrC1(Br)C2CCCCCCCCCCC21. The van der Waals surface area contributed by atoms with Crippen molar-refractivity contribution in [3.8, 4) is 0 Å². The van der Waals surface area contributed by atoms with Crippen LogP contribution in [0.2, 0.25) is 0 Å². The van der Waals surface area contributed by atoms with Gasteiger partial charge in [-0.2, -0.15) is 0 Å². The molecule has 0 radical (unpaired) electrons. The minimum absolute atomic E-state index is 0.327. The van der Waals surface area contributed by atoms with Crippen LogP contribution in [-0.2, 0) is 0 Å². The average Bonchev–Trinajstić information content (AvgIpc) is 2.67. The molecule has 2 saturated carbocycles. The molecule has 2 unspecified atom stereocenters. The van der Waals surface area contributed by atoms with Crippen LogP contribution in [0.5, 0.6) is 0 Å². The van der Waals surface area contributed by atoms with Gasteiger partial charge in [-0.1, -0.05) is 83.2 Å². The molecule has 2 rings (SSSR count). The maximum Gasteiger partial charge on any atom is 0.0868 e. The van der Waals surface area contributed by atoms with Crippen molar-refractivity contribution in [1.82, 2.24) is 0 Å². The van der Waals surface area contributed by atoms with Crippen LogP contribution in [0.15, 0.2) is 0 Å². The highest BCUT2D eigenvalue weighted by Gasteiger charge is 2.59. The fourth-order valence-corrected chi connectivity index (χ4v) is 4.96. The number of hydrogen-bond acceptors (Lipinski definition) is 0. The van der Waals surface area contributed by atoms with Crippen LogP contribution >= 0.6 is 31.9 Å². The molecule has 2 aliphatic carbocycles. The third-order valence-corrected chi connectivity index (χ3v) is 6.50. The molecule has 0 spiro atoms. The third-order valence-electron chi connectivity index (χ3n) is 4.15. The second kappa shape index (κ2) is 5.53. The fourth-order valence-electron chi connectivity index (χ4n) is 3.04. The van der Waals surface area contributed by atoms with Gasteiger partial charge < -0.3 is 0 Å². The lowest BCUT2D eigenvalue weighted by atomic mass is 10.0. The predicted octanol–water partition coefficient (Wildman–Crippen LogP) is 5.63. The number of halogens is 2. The molecule has 88 valence electrons. The van der Waals surface area contributed by atoms with Gasteiger partial charge in [-0.15, -0.1) is 0 Å². The Hall–Kier alpha value is 0.960. The van der Waals surface area contributed by atoms with Crippen LogP contribution in [0.25, 0.3) is 0 Å². The third kappa shape index (κ3) is 3.21. The first-order chi connectivity index (χ1) is 7.23. The van der Waals surface area contributed by atoms with Gasteiger partial charge in [-0.3, -0.25) is 0 Å². The Labute approximate surface area is 111 Å². The van der Waals surface area contributed by atoms with Gasteiger partial charge in [0.25, 0.3) is 0 Å². The van der Waals surface area contributed by atoms with Gasteiger partial charge in [-0.25, -0.2) is 0 Å². The Kier molecular flexibility index (Phi) is 4.58. The van der Waals surface area contributed by atoms with E-state index < -0.39 is 0 Å². The second-order valence-electron chi connectivity index (χ2n) is 5.29. The molecule has 15 heavy (non-hydrogen) atoms. The van der Waals surface area contributed by atoms with Crippen molar-refractivity contribution in [3.05, 3.63) is 0 Å². The summed E-state index contributed by atoms with van der Waals surface area (Å²) in [7, 11) is 0. The van der Waals surface area contributed by atoms with Crippen molar-refractivity contribution in [2.75, 3.05) is 0 Å². The first-order valence-corrected chi connectivity index (χ1v) is 8.19. The highest BCUT2D eigenvalue weighted by Crippen LogP contribution is 2.65. The largest absolute Gasteiger partial charge is 0.0868 e. The van der Waals surface area contributed by atoms with Gasteiger partial charge in [0.2, 0.25) is 0 Å². The minimum atomic E-state index is 0.327. The Morgan fingerprint density at radius 3 is 1.33 bits per heavy atom. The monoisotopic (exact) mass is 336 g/mol. The molecule has 0 saturated heterocycles. The molecule has 0 N–H and O–H groups in total. The zero-order chi connectivity index (χ0) is 10.7. The first-order valence-electron chi connectivity index (χ1n) is 6.61. The molecule has 0 amide bonds. The van der Waals surface area contributed by atoms with Gasteiger partial charge in [0, 0.05) is 0 Å². The Morgan fingerprint density at radius 1 is 0.600 bits per heavy atom. The van der Waals surface area contributed by atoms with E-state index in [9.17, 15) is 0 Å². The number of fused-ring (bicyclic) bond motifs is 1. The lowest BCUT2D eigenvalue weighted by Gasteiger charge is -2.04. The maximum atomic E-state index is 3.86. The molecular weight excluding hydrogens is 316 g/mol. The van der Waals surface area contributed by atoms with Gasteiger partial charge in [0.1, 0.15) is 0 Å². The average molecular weight is 338 g/mol. The summed E-state index contributed by atoms with van der Waals surface area (Å²) in [6, 6.07) is 0. The van der Waals surface area contributed by atoms with E-state index in [1.54, 1.807) is 0 Å². The molecule has 2 heteroatoms. The normalized spacial score (nSPS) is 37.2. The van der Waals surface area contributed by atoms with E-state index >= 15 is 0 Å². The summed E-state index contributed by atoms with van der Waals surface area (Å²) in [5.74, 6) is 1.83. The van der Waals surface area contributed by atoms with Crippen molar-refractivity contribution in [3.63, 3.8) is 0 Å². The van der Waals surface area contributed by atoms with E-state index in [2.05, 4.69) is 31.9 Å². The van der Waals surface area contributed by atoms with Crippen molar-refractivity contribution in [2.45, 2.75) is 67.4 Å². The van der Waals surface area contributed by atoms with Crippen LogP contribution in [0.1, 0.15) is 64.2 Å². The van der Waals surface area contributed by atoms with Crippen molar-refractivity contribution in [2.24, 2.45) is 11.8 Å². The highest BCUT2D eigenvalue weighted by molar-refractivity contribution is 9.25. The molecule has 0 aliphatic heterocycles. The summed E-state index contributed by atoms with van der Waals surface area (Å²) in [5, 5.41) is 0. The van der Waals surface area contributed by atoms with E-state index in [4.69, 9.17) is 0 Å². The molecule has 2 atom stereocenters. The van der Waals surface area contributed by atoms with Crippen LogP contribution in [0.3, 0.4) is 0 Å². The van der Waals surface area contributed by atoms with Crippen LogP contribution in [0.4, 0.5) is 0 Å². The summed E-state index contributed by atoms with van der Waals surface area (Å²) in [6.07, 6.45) is 14.6. The summed E-state index contributed by atoms with van der Waals surface area (Å²) < 4.78 is 0.327. The Balaban J connectivity index is 1.80. The molecule has 0 aromatic rings. The van der Waals surface area contributed by atoms with Gasteiger partial charge in [-0.05, 0) is 24.7 Å². The number of rotatable bonds is 0. The van der Waals surface area contributed by atoms with Crippen LogP contribution in [-0.4, -0.2) is 3.23 Å². The van der Waals surface area contributed by atoms with E-state index in [0.29, 0.717) is 3.23 Å². The van der Waals surface area contributed by atoms with E-state index in [1.807, 2.05) is 0 Å². The Bertz CT molecular complexity index is 181. The molecule has 0 nitrogen and oxygen atoms in total. The van der Waals surface area contributed by atoms with Gasteiger partial charge in [0.05, 0.1) is 3.23 Å². The van der Waals surface area contributed by atoms with E-state index in [-0.39, 0.29) is 0 Å². The Morgan fingerprint density at radius 2 is 0.933 bits per heavy atom. The summed E-state index contributed by atoms with van der Waals surface area (Å²) in [6.45, 7) is 0. The number of hydrogen-bond donors (Lipinski definition) is 0. The lowest BCUT2D eigenvalue weighted by molar-refractivity contribution is 0.491. The zero-order valence-electron chi connectivity index (χ0n) is 9.48. The molecule has 0 bridgehead atoms. The number of alkyl halides is 2. The van der Waals surface area contributed by atoms with Crippen molar-refractivity contribution >= 4 is 31.9 Å². The zero-order valence-corrected chi connectivity index (χ0v) is 12.7. The summed E-state index contributed by atoms with van der Waals surface area (Å²) in [4.78, 5) is 0. The predicted molar refractivity (Wildman–Crippen MR) is 73.7 cm³/mol. The van der Waals surface area contributed by atoms with Crippen molar-refractivity contribution in [1.29, 1.82) is 0 Å². The minimum Gasteiger partial charge on any atom is -0.0721 e. The molecule has 0 aromatic carbocycles. The summed E-state index contributed by atoms with van der Waals surface area (Å²) >= 11 is 7.71. The smallest absolute Gasteiger partial charge is 0.0721 e. The fraction of sp³-hybridized carbons (Fsp3) is 1.00. The van der Waals surface area contributed by atoms with Gasteiger partial charge >= 0.3 is 0 Å². The molecule has 0 aromatic heterocycles. The standard InChI is InChI=1S/C13H22Br2/c14-13(15)11-9-7-5-3-1-2-4-6-8-10-12(11)13/h11-12H,1-10H2. The quantitative estimate of drug-likeness (QED) is 0.502. The highest BCUT2D eigenvalue weighted by atomic mass is 79.9. The topological polar surface area (TPSA) is 0 Å². The van der Waals surface area contributed by atoms with Crippen LogP contribution in [0, 0.1) is 11.8 Å². The first kappa shape index (κ1) is 12.4. The molecule has 2 aliphatic rings. The van der Waals surface area contributed by atoms with Gasteiger partial charge in [0.15, 0.2) is 0 Å². The molecule has 2 fully saturated rings. The molecule has 0 heterocycles. The molecular formula is C13H22Br2. The summed E-state index contributed by atoms with van der Waals surface area (Å²) in [5.41, 5.74) is 0. The maximum absolute atomic E-state index is 3.86. The second-order valence-corrected chi connectivity index (χ2v) is 8.98. The van der Waals surface area contributed by atoms with E-state index in [0.717, 1.165) is 11.8 Å². The van der Waals surface area contributed by atoms with Crippen LogP contribution < -0.4 is 0 Å². The lowest BCUT2D eigenvalue weighted by Crippen LogP contribution is -1.89. The van der Waals surface area contributed by atoms with E-state index in [1.165, 1.54) is 64.2 Å².